The first kappa shape index (κ1) is 12.6. The summed E-state index contributed by atoms with van der Waals surface area (Å²) in [6, 6.07) is 4.73. The van der Waals surface area contributed by atoms with Crippen molar-refractivity contribution in [1.82, 2.24) is 9.97 Å². The van der Waals surface area contributed by atoms with E-state index in [0.29, 0.717) is 16.7 Å². The lowest BCUT2D eigenvalue weighted by atomic mass is 10.1. The van der Waals surface area contributed by atoms with Gasteiger partial charge in [-0.3, -0.25) is 10.1 Å². The number of nitro groups is 1. The standard InChI is InChI=1S/C12H9N3O4/c1-7-2-3-8(4-10(7)15(18)19)9-5-13-11(12(16)17)14-6-9/h2-6H,1H3,(H,16,17). The Hall–Kier alpha value is -2.83. The van der Waals surface area contributed by atoms with Crippen LogP contribution in [0, 0.1) is 17.0 Å². The molecule has 0 unspecified atom stereocenters. The van der Waals surface area contributed by atoms with Crippen LogP contribution in [0.1, 0.15) is 16.2 Å². The maximum atomic E-state index is 10.8. The highest BCUT2D eigenvalue weighted by molar-refractivity contribution is 5.83. The molecule has 1 aromatic carbocycles. The molecule has 0 spiro atoms. The van der Waals surface area contributed by atoms with Gasteiger partial charge in [-0.1, -0.05) is 12.1 Å². The van der Waals surface area contributed by atoms with Crippen LogP contribution in [0.5, 0.6) is 0 Å². The van der Waals surface area contributed by atoms with Gasteiger partial charge in [0.1, 0.15) is 0 Å². The van der Waals surface area contributed by atoms with Gasteiger partial charge in [0.05, 0.1) is 4.92 Å². The average Bonchev–Trinajstić information content (AvgIpc) is 2.39. The highest BCUT2D eigenvalue weighted by atomic mass is 16.6. The fraction of sp³-hybridized carbons (Fsp3) is 0.0833. The third kappa shape index (κ3) is 2.54. The van der Waals surface area contributed by atoms with Crippen LogP contribution in [0.15, 0.2) is 30.6 Å². The summed E-state index contributed by atoms with van der Waals surface area (Å²) in [6.45, 7) is 1.64. The quantitative estimate of drug-likeness (QED) is 0.667. The Balaban J connectivity index is 2.44. The van der Waals surface area contributed by atoms with Crippen LogP contribution < -0.4 is 0 Å². The number of aryl methyl sites for hydroxylation is 1. The van der Waals surface area contributed by atoms with Gasteiger partial charge in [0.15, 0.2) is 0 Å². The minimum atomic E-state index is -1.22. The zero-order valence-electron chi connectivity index (χ0n) is 9.90. The van der Waals surface area contributed by atoms with Crippen molar-refractivity contribution in [2.75, 3.05) is 0 Å². The third-order valence-electron chi connectivity index (χ3n) is 2.58. The van der Waals surface area contributed by atoms with Crippen LogP contribution in [-0.2, 0) is 0 Å². The van der Waals surface area contributed by atoms with Crippen molar-refractivity contribution in [1.29, 1.82) is 0 Å². The molecule has 0 atom stereocenters. The summed E-state index contributed by atoms with van der Waals surface area (Å²) in [7, 11) is 0. The molecule has 0 aliphatic carbocycles. The second-order valence-corrected chi connectivity index (χ2v) is 3.86. The van der Waals surface area contributed by atoms with E-state index in [1.54, 1.807) is 19.1 Å². The van der Waals surface area contributed by atoms with E-state index in [0.717, 1.165) is 0 Å². The normalized spacial score (nSPS) is 10.2. The molecular weight excluding hydrogens is 250 g/mol. The van der Waals surface area contributed by atoms with Gasteiger partial charge in [-0.05, 0) is 12.5 Å². The molecule has 0 amide bonds. The number of nitro benzene ring substituents is 1. The van der Waals surface area contributed by atoms with Gasteiger partial charge < -0.3 is 5.11 Å². The van der Waals surface area contributed by atoms with E-state index < -0.39 is 10.9 Å². The topological polar surface area (TPSA) is 106 Å². The zero-order valence-corrected chi connectivity index (χ0v) is 9.90. The number of aromatic nitrogens is 2. The largest absolute Gasteiger partial charge is 0.475 e. The van der Waals surface area contributed by atoms with Crippen molar-refractivity contribution in [3.8, 4) is 11.1 Å². The number of hydrogen-bond donors (Lipinski definition) is 1. The van der Waals surface area contributed by atoms with Crippen molar-refractivity contribution < 1.29 is 14.8 Å². The summed E-state index contributed by atoms with van der Waals surface area (Å²) in [4.78, 5) is 28.3. The molecule has 1 aromatic heterocycles. The molecule has 1 N–H and O–H groups in total. The monoisotopic (exact) mass is 259 g/mol. The van der Waals surface area contributed by atoms with Crippen molar-refractivity contribution >= 4 is 11.7 Å². The smallest absolute Gasteiger partial charge is 0.373 e. The summed E-state index contributed by atoms with van der Waals surface area (Å²) in [5, 5.41) is 19.5. The van der Waals surface area contributed by atoms with Gasteiger partial charge in [-0.25, -0.2) is 14.8 Å². The molecular formula is C12H9N3O4. The van der Waals surface area contributed by atoms with Crippen LogP contribution >= 0.6 is 0 Å². The zero-order chi connectivity index (χ0) is 14.0. The van der Waals surface area contributed by atoms with Gasteiger partial charge in [0.2, 0.25) is 5.82 Å². The fourth-order valence-corrected chi connectivity index (χ4v) is 1.57. The summed E-state index contributed by atoms with van der Waals surface area (Å²) in [6.07, 6.45) is 2.65. The summed E-state index contributed by atoms with van der Waals surface area (Å²) in [5.74, 6) is -1.54. The van der Waals surface area contributed by atoms with Crippen molar-refractivity contribution in [3.63, 3.8) is 0 Å². The summed E-state index contributed by atoms with van der Waals surface area (Å²) < 4.78 is 0. The number of nitrogens with zero attached hydrogens (tertiary/aromatic N) is 3. The van der Waals surface area contributed by atoms with Crippen LogP contribution in [0.4, 0.5) is 5.69 Å². The molecule has 0 bridgehead atoms. The predicted molar refractivity (Wildman–Crippen MR) is 65.8 cm³/mol. The van der Waals surface area contributed by atoms with Gasteiger partial charge >= 0.3 is 5.97 Å². The first-order chi connectivity index (χ1) is 8.99. The molecule has 0 radical (unpaired) electrons. The Morgan fingerprint density at radius 1 is 1.26 bits per heavy atom. The van der Waals surface area contributed by atoms with Gasteiger partial charge in [-0.15, -0.1) is 0 Å². The second kappa shape index (κ2) is 4.81. The molecule has 7 heteroatoms. The Bertz CT molecular complexity index is 653. The lowest BCUT2D eigenvalue weighted by Crippen LogP contribution is -2.03. The molecule has 0 fully saturated rings. The number of carboxylic acid groups (broad SMARTS) is 1. The lowest BCUT2D eigenvalue weighted by Gasteiger charge is -2.03. The number of carbonyl (C=O) groups is 1. The second-order valence-electron chi connectivity index (χ2n) is 3.86. The Labute approximate surface area is 107 Å². The van der Waals surface area contributed by atoms with Crippen LogP contribution in [-0.4, -0.2) is 26.0 Å². The molecule has 1 heterocycles. The van der Waals surface area contributed by atoms with E-state index in [2.05, 4.69) is 9.97 Å². The average molecular weight is 259 g/mol. The van der Waals surface area contributed by atoms with E-state index >= 15 is 0 Å². The Morgan fingerprint density at radius 2 is 1.89 bits per heavy atom. The van der Waals surface area contributed by atoms with Crippen molar-refractivity contribution in [2.45, 2.75) is 6.92 Å². The number of hydrogen-bond acceptors (Lipinski definition) is 5. The minimum Gasteiger partial charge on any atom is -0.475 e. The maximum Gasteiger partial charge on any atom is 0.373 e. The molecule has 2 rings (SSSR count). The van der Waals surface area contributed by atoms with E-state index in [-0.39, 0.29) is 11.5 Å². The molecule has 7 nitrogen and oxygen atoms in total. The Morgan fingerprint density at radius 3 is 2.42 bits per heavy atom. The highest BCUT2D eigenvalue weighted by Gasteiger charge is 2.13. The van der Waals surface area contributed by atoms with Gasteiger partial charge in [0, 0.05) is 29.6 Å². The third-order valence-corrected chi connectivity index (χ3v) is 2.58. The predicted octanol–water partition coefficient (Wildman–Crippen LogP) is 2.06. The fourth-order valence-electron chi connectivity index (χ4n) is 1.57. The summed E-state index contributed by atoms with van der Waals surface area (Å²) in [5.41, 5.74) is 1.64. The minimum absolute atomic E-state index is 0.000175. The first-order valence-electron chi connectivity index (χ1n) is 5.30. The van der Waals surface area contributed by atoms with E-state index in [1.165, 1.54) is 18.5 Å². The van der Waals surface area contributed by atoms with E-state index in [9.17, 15) is 14.9 Å². The van der Waals surface area contributed by atoms with E-state index in [4.69, 9.17) is 5.11 Å². The van der Waals surface area contributed by atoms with Crippen molar-refractivity contribution in [3.05, 3.63) is 52.1 Å². The number of aromatic carboxylic acids is 1. The van der Waals surface area contributed by atoms with Crippen molar-refractivity contribution in [2.24, 2.45) is 0 Å². The highest BCUT2D eigenvalue weighted by Crippen LogP contribution is 2.25. The molecule has 0 aliphatic heterocycles. The lowest BCUT2D eigenvalue weighted by molar-refractivity contribution is -0.385. The van der Waals surface area contributed by atoms with E-state index in [1.807, 2.05) is 0 Å². The SMILES string of the molecule is Cc1ccc(-c2cnc(C(=O)O)nc2)cc1[N+](=O)[O-]. The number of carboxylic acids is 1. The number of rotatable bonds is 3. The van der Waals surface area contributed by atoms with Crippen LogP contribution in [0.3, 0.4) is 0 Å². The van der Waals surface area contributed by atoms with Crippen LogP contribution in [0.2, 0.25) is 0 Å². The summed E-state index contributed by atoms with van der Waals surface area (Å²) >= 11 is 0. The molecule has 0 saturated heterocycles. The molecule has 96 valence electrons. The molecule has 19 heavy (non-hydrogen) atoms. The van der Waals surface area contributed by atoms with Gasteiger partial charge in [0.25, 0.3) is 5.69 Å². The van der Waals surface area contributed by atoms with Gasteiger partial charge in [-0.2, -0.15) is 0 Å². The molecule has 2 aromatic rings. The molecule has 0 saturated carbocycles. The molecule has 0 aliphatic rings. The first-order valence-corrected chi connectivity index (χ1v) is 5.30. The Kier molecular flexibility index (Phi) is 3.19. The van der Waals surface area contributed by atoms with Crippen LogP contribution in [0.25, 0.3) is 11.1 Å². The number of benzene rings is 1. The maximum absolute atomic E-state index is 10.8.